The van der Waals surface area contributed by atoms with E-state index in [0.717, 1.165) is 13.1 Å². The average molecular weight is 549 g/mol. The van der Waals surface area contributed by atoms with Crippen LogP contribution in [0.1, 0.15) is 39.7 Å². The fourth-order valence-corrected chi connectivity index (χ4v) is 3.97. The smallest absolute Gasteiger partial charge is 0.325 e. The molecule has 15 heteroatoms. The lowest BCUT2D eigenvalue weighted by Crippen LogP contribution is -2.82. The maximum atomic E-state index is 15.5. The van der Waals surface area contributed by atoms with Gasteiger partial charge in [0.15, 0.2) is 0 Å². The van der Waals surface area contributed by atoms with E-state index >= 15 is 4.39 Å². The zero-order valence-electron chi connectivity index (χ0n) is 18.9. The van der Waals surface area contributed by atoms with E-state index in [1.54, 1.807) is 0 Å². The number of anilines is 1. The van der Waals surface area contributed by atoms with E-state index in [4.69, 9.17) is 5.73 Å². The van der Waals surface area contributed by atoms with Gasteiger partial charge in [-0.3, -0.25) is 9.78 Å². The van der Waals surface area contributed by atoms with Crippen molar-refractivity contribution in [2.75, 3.05) is 5.32 Å². The van der Waals surface area contributed by atoms with Crippen LogP contribution in [0.25, 0.3) is 0 Å². The Bertz CT molecular complexity index is 1180. The molecule has 1 aliphatic rings. The predicted molar refractivity (Wildman–Crippen MR) is 108 cm³/mol. The second-order valence-electron chi connectivity index (χ2n) is 8.41. The summed E-state index contributed by atoms with van der Waals surface area (Å²) in [4.78, 5) is 16.4. The molecule has 0 unspecified atom stereocenters. The van der Waals surface area contributed by atoms with Crippen molar-refractivity contribution in [1.82, 2.24) is 4.98 Å². The van der Waals surface area contributed by atoms with E-state index in [9.17, 15) is 48.7 Å². The highest BCUT2D eigenvalue weighted by Gasteiger charge is 3.01. The summed E-state index contributed by atoms with van der Waals surface area (Å²) in [6.07, 6.45) is 0.766. The Morgan fingerprint density at radius 2 is 1.38 bits per heavy atom. The van der Waals surface area contributed by atoms with E-state index in [0.29, 0.717) is 5.69 Å². The molecule has 0 spiro atoms. The molecule has 4 nitrogen and oxygen atoms in total. The maximum absolute atomic E-state index is 15.5. The number of hydrogen-bond donors (Lipinski definition) is 2. The normalized spacial score (nSPS) is 22.3. The van der Waals surface area contributed by atoms with Crippen molar-refractivity contribution in [3.05, 3.63) is 58.4 Å². The van der Waals surface area contributed by atoms with Crippen LogP contribution < -0.4 is 11.1 Å². The molecule has 2 aromatic rings. The van der Waals surface area contributed by atoms with Crippen LogP contribution in [0.3, 0.4) is 0 Å². The number of carbonyl (C=O) groups is 1. The molecule has 0 atom stereocenters. The molecule has 204 valence electrons. The van der Waals surface area contributed by atoms with E-state index in [2.05, 4.69) is 10.3 Å². The van der Waals surface area contributed by atoms with Crippen LogP contribution >= 0.6 is 0 Å². The third-order valence-electron chi connectivity index (χ3n) is 6.17. The first-order chi connectivity index (χ1) is 16.8. The van der Waals surface area contributed by atoms with Crippen molar-refractivity contribution in [2.24, 2.45) is 5.73 Å². The Labute approximate surface area is 202 Å². The Morgan fingerprint density at radius 1 is 0.865 bits per heavy atom. The second kappa shape index (κ2) is 8.53. The van der Waals surface area contributed by atoms with Gasteiger partial charge in [0.1, 0.15) is 0 Å². The number of benzene rings is 1. The number of nitrogens with one attached hydrogen (secondary N) is 1. The van der Waals surface area contributed by atoms with Gasteiger partial charge in [0, 0.05) is 24.0 Å². The van der Waals surface area contributed by atoms with Gasteiger partial charge in [0.25, 0.3) is 11.6 Å². The third kappa shape index (κ3) is 3.52. The first-order valence-electron chi connectivity index (χ1n) is 10.4. The van der Waals surface area contributed by atoms with Gasteiger partial charge in [0.2, 0.25) is 0 Å². The van der Waals surface area contributed by atoms with Crippen molar-refractivity contribution in [2.45, 2.75) is 62.1 Å². The van der Waals surface area contributed by atoms with Gasteiger partial charge in [-0.05, 0) is 36.6 Å². The van der Waals surface area contributed by atoms with E-state index in [1.165, 1.54) is 19.1 Å². The number of nitrogens with zero attached hydrogens (tertiary/aromatic N) is 1. The zero-order valence-corrected chi connectivity index (χ0v) is 18.9. The Morgan fingerprint density at radius 3 is 1.81 bits per heavy atom. The van der Waals surface area contributed by atoms with Gasteiger partial charge in [-0.2, -0.15) is 43.9 Å². The molecule has 0 aliphatic heterocycles. The highest BCUT2D eigenvalue weighted by molar-refractivity contribution is 6.05. The van der Waals surface area contributed by atoms with Crippen LogP contribution in [0.15, 0.2) is 30.5 Å². The molecule has 1 aromatic carbocycles. The summed E-state index contributed by atoms with van der Waals surface area (Å²) in [5.74, 6) is -36.6. The molecular formula is C22H18F11N3O. The number of halogens is 11. The molecule has 1 amide bonds. The largest absolute Gasteiger partial charge is 0.384 e. The van der Waals surface area contributed by atoms with Crippen LogP contribution in [0.5, 0.6) is 0 Å². The molecule has 37 heavy (non-hydrogen) atoms. The molecule has 3 N–H and O–H groups in total. The average Bonchev–Trinajstić information content (AvgIpc) is 2.83. The lowest BCUT2D eigenvalue weighted by molar-refractivity contribution is -0.489. The van der Waals surface area contributed by atoms with Crippen molar-refractivity contribution in [3.63, 3.8) is 0 Å². The molecule has 1 heterocycles. The number of nitrogens with two attached hydrogens (primary N) is 1. The monoisotopic (exact) mass is 549 g/mol. The summed E-state index contributed by atoms with van der Waals surface area (Å²) in [6.45, 7) is 2.25. The summed E-state index contributed by atoms with van der Waals surface area (Å²) in [6, 6.07) is 2.89. The summed E-state index contributed by atoms with van der Waals surface area (Å²) >= 11 is 0. The first kappa shape index (κ1) is 28.6. The fraction of sp³-hybridized carbons (Fsp3) is 0.455. The lowest BCUT2D eigenvalue weighted by atomic mass is 9.68. The van der Waals surface area contributed by atoms with Crippen LogP contribution in [-0.2, 0) is 18.6 Å². The topological polar surface area (TPSA) is 68.0 Å². The first-order valence-corrected chi connectivity index (χ1v) is 10.4. The number of aromatic nitrogens is 1. The summed E-state index contributed by atoms with van der Waals surface area (Å²) in [7, 11) is 0. The molecule has 3 rings (SSSR count). The van der Waals surface area contributed by atoms with Crippen LogP contribution in [-0.4, -0.2) is 40.5 Å². The van der Waals surface area contributed by atoms with Gasteiger partial charge >= 0.3 is 29.6 Å². The minimum absolute atomic E-state index is 0.0483. The highest BCUT2D eigenvalue weighted by Crippen LogP contribution is 2.72. The van der Waals surface area contributed by atoms with Crippen LogP contribution in [0, 0.1) is 6.92 Å². The second-order valence-corrected chi connectivity index (χ2v) is 8.41. The lowest BCUT2D eigenvalue weighted by Gasteiger charge is -2.52. The summed E-state index contributed by atoms with van der Waals surface area (Å²) in [5.41, 5.74) is -3.79. The van der Waals surface area contributed by atoms with Gasteiger partial charge in [0.05, 0.1) is 11.3 Å². The number of carbonyl (C=O) groups excluding carboxylic acids is 1. The highest BCUT2D eigenvalue weighted by atomic mass is 19.4. The van der Waals surface area contributed by atoms with Gasteiger partial charge in [-0.15, -0.1) is 0 Å². The number of rotatable bonds is 5. The summed E-state index contributed by atoms with van der Waals surface area (Å²) < 4.78 is 156. The van der Waals surface area contributed by atoms with E-state index in [-0.39, 0.29) is 36.3 Å². The maximum Gasteiger partial charge on any atom is 0.384 e. The van der Waals surface area contributed by atoms with Crippen LogP contribution in [0.2, 0.25) is 0 Å². The minimum Gasteiger partial charge on any atom is -0.325 e. The minimum atomic E-state index is -7.30. The molecule has 1 saturated carbocycles. The Kier molecular flexibility index (Phi) is 6.59. The van der Waals surface area contributed by atoms with Crippen molar-refractivity contribution < 1.29 is 53.1 Å². The summed E-state index contributed by atoms with van der Waals surface area (Å²) in [5, 5.41) is 2.29. The van der Waals surface area contributed by atoms with E-state index < -0.39 is 57.9 Å². The molecule has 1 aliphatic carbocycles. The number of pyridine rings is 1. The molecule has 0 saturated heterocycles. The van der Waals surface area contributed by atoms with Gasteiger partial charge in [-0.25, -0.2) is 4.39 Å². The van der Waals surface area contributed by atoms with Crippen molar-refractivity contribution in [1.29, 1.82) is 0 Å². The molecule has 0 radical (unpaired) electrons. The Balaban J connectivity index is 2.18. The quantitative estimate of drug-likeness (QED) is 0.449. The van der Waals surface area contributed by atoms with E-state index in [1.807, 2.05) is 0 Å². The van der Waals surface area contributed by atoms with Gasteiger partial charge < -0.3 is 11.1 Å². The number of alkyl halides is 11. The molecule has 1 aromatic heterocycles. The molecule has 0 bridgehead atoms. The van der Waals surface area contributed by atoms with Crippen molar-refractivity contribution >= 4 is 11.6 Å². The number of aryl methyl sites for hydroxylation is 2. The van der Waals surface area contributed by atoms with Crippen molar-refractivity contribution in [3.8, 4) is 0 Å². The fourth-order valence-electron chi connectivity index (χ4n) is 3.97. The zero-order chi connectivity index (χ0) is 28.4. The third-order valence-corrected chi connectivity index (χ3v) is 6.17. The standard InChI is InChI=1S/C22H18F11N3O/c1-3-11-7-13(6-10(2)15(11)36-16(37)12-4-5-14(8-34)35-9-12)17(23)18(24,25)20(28,29)22(32,33)21(30,31)19(17,26)27/h4-7,9H,3,8,34H2,1-2H3,(H,36,37). The SMILES string of the molecule is CCc1cc(C2(F)C(F)(F)C(F)(F)C(F)(F)C(F)(F)C2(F)F)cc(C)c1NC(=O)c1ccc(CN)nc1. The Hall–Kier alpha value is -2.97. The molecule has 1 fully saturated rings. The van der Waals surface area contributed by atoms with Crippen LogP contribution in [0.4, 0.5) is 54.0 Å². The predicted octanol–water partition coefficient (Wildman–Crippen LogP) is 6.02. The number of amides is 1. The number of hydrogen-bond acceptors (Lipinski definition) is 3. The van der Waals surface area contributed by atoms with Gasteiger partial charge in [-0.1, -0.05) is 19.1 Å². The molecular weight excluding hydrogens is 531 g/mol.